The van der Waals surface area contributed by atoms with E-state index in [1.165, 1.54) is 36.0 Å². The Kier molecular flexibility index (Phi) is 4.33. The molecule has 8 heteroatoms. The van der Waals surface area contributed by atoms with Gasteiger partial charge in [0.2, 0.25) is 0 Å². The highest BCUT2D eigenvalue weighted by molar-refractivity contribution is 7.99. The number of H-pyrrole nitrogens is 1. The first-order valence-electron chi connectivity index (χ1n) is 7.86. The number of nitrogens with one attached hydrogen (secondary N) is 1. The molecule has 27 heavy (non-hydrogen) atoms. The lowest BCUT2D eigenvalue weighted by molar-refractivity contribution is -0.385. The molecular weight excluding hydrogens is 372 g/mol. The molecule has 1 N–H and O–H groups in total. The zero-order valence-electron chi connectivity index (χ0n) is 13.6. The lowest BCUT2D eigenvalue weighted by Gasteiger charge is -2.07. The second-order valence-electron chi connectivity index (χ2n) is 5.75. The molecule has 134 valence electrons. The minimum Gasteiger partial charge on any atom is -0.345 e. The van der Waals surface area contributed by atoms with Crippen LogP contribution in [0.5, 0.6) is 0 Å². The Bertz CT molecular complexity index is 1160. The van der Waals surface area contributed by atoms with E-state index in [0.717, 1.165) is 11.0 Å². The Morgan fingerprint density at radius 1 is 1.07 bits per heavy atom. The number of fused-ring (bicyclic) bond motifs is 1. The number of hydrogen-bond donors (Lipinski definition) is 1. The molecular formula is C19H11F2N3O2S. The van der Waals surface area contributed by atoms with Crippen LogP contribution in [0.15, 0.2) is 70.7 Å². The van der Waals surface area contributed by atoms with Crippen molar-refractivity contribution in [2.75, 3.05) is 0 Å². The Morgan fingerprint density at radius 2 is 1.85 bits per heavy atom. The molecule has 0 amide bonds. The van der Waals surface area contributed by atoms with E-state index in [9.17, 15) is 18.9 Å². The van der Waals surface area contributed by atoms with Gasteiger partial charge in [0.25, 0.3) is 5.69 Å². The van der Waals surface area contributed by atoms with Crippen LogP contribution in [0, 0.1) is 21.7 Å². The molecule has 2 aromatic heterocycles. The SMILES string of the molecule is O=[N+]([O-])c1cccc(Sc2c[nH]c3nccc(-c4cc(F)cc(F)c4)c23)c1. The van der Waals surface area contributed by atoms with Crippen molar-refractivity contribution in [3.05, 3.63) is 82.7 Å². The summed E-state index contributed by atoms with van der Waals surface area (Å²) in [4.78, 5) is 19.2. The van der Waals surface area contributed by atoms with E-state index in [-0.39, 0.29) is 5.69 Å². The number of benzene rings is 2. The predicted octanol–water partition coefficient (Wildman–Crippen LogP) is 5.57. The molecule has 5 nitrogen and oxygen atoms in total. The van der Waals surface area contributed by atoms with Gasteiger partial charge in [0, 0.05) is 45.8 Å². The molecule has 0 saturated carbocycles. The van der Waals surface area contributed by atoms with Crippen LogP contribution in [0.4, 0.5) is 14.5 Å². The number of aromatic amines is 1. The summed E-state index contributed by atoms with van der Waals surface area (Å²) in [6.45, 7) is 0. The van der Waals surface area contributed by atoms with Crippen LogP contribution in [0.1, 0.15) is 0 Å². The molecule has 4 rings (SSSR count). The monoisotopic (exact) mass is 383 g/mol. The quantitative estimate of drug-likeness (QED) is 0.369. The van der Waals surface area contributed by atoms with Crippen LogP contribution >= 0.6 is 11.8 Å². The van der Waals surface area contributed by atoms with Crippen molar-refractivity contribution >= 4 is 28.5 Å². The first-order chi connectivity index (χ1) is 13.0. The van der Waals surface area contributed by atoms with E-state index in [1.54, 1.807) is 30.6 Å². The molecule has 0 bridgehead atoms. The first kappa shape index (κ1) is 17.2. The maximum atomic E-state index is 13.7. The van der Waals surface area contributed by atoms with Gasteiger partial charge in [0.05, 0.1) is 4.92 Å². The third-order valence-electron chi connectivity index (χ3n) is 3.97. The van der Waals surface area contributed by atoms with E-state index < -0.39 is 16.6 Å². The number of non-ortho nitro benzene ring substituents is 1. The minimum absolute atomic E-state index is 0.00890. The number of hydrogen-bond acceptors (Lipinski definition) is 4. The normalized spacial score (nSPS) is 11.0. The van der Waals surface area contributed by atoms with Crippen molar-refractivity contribution in [2.24, 2.45) is 0 Å². The second kappa shape index (κ2) is 6.81. The molecule has 0 fully saturated rings. The van der Waals surface area contributed by atoms with Gasteiger partial charge < -0.3 is 4.98 Å². The molecule has 2 heterocycles. The summed E-state index contributed by atoms with van der Waals surface area (Å²) < 4.78 is 27.3. The Hall–Kier alpha value is -3.26. The zero-order chi connectivity index (χ0) is 19.0. The average Bonchev–Trinajstić information content (AvgIpc) is 3.04. The molecule has 0 unspecified atom stereocenters. The number of aromatic nitrogens is 2. The summed E-state index contributed by atoms with van der Waals surface area (Å²) in [5.41, 5.74) is 1.56. The van der Waals surface area contributed by atoms with Crippen molar-refractivity contribution in [3.63, 3.8) is 0 Å². The van der Waals surface area contributed by atoms with Crippen molar-refractivity contribution in [2.45, 2.75) is 9.79 Å². The molecule has 0 aliphatic heterocycles. The molecule has 0 atom stereocenters. The number of nitro groups is 1. The van der Waals surface area contributed by atoms with Crippen molar-refractivity contribution in [3.8, 4) is 11.1 Å². The van der Waals surface area contributed by atoms with Gasteiger partial charge in [0.15, 0.2) is 0 Å². The van der Waals surface area contributed by atoms with E-state index in [0.29, 0.717) is 27.1 Å². The highest BCUT2D eigenvalue weighted by Crippen LogP contribution is 2.39. The van der Waals surface area contributed by atoms with Gasteiger partial charge in [-0.05, 0) is 35.4 Å². The lowest BCUT2D eigenvalue weighted by atomic mass is 10.0. The highest BCUT2D eigenvalue weighted by atomic mass is 32.2. The smallest absolute Gasteiger partial charge is 0.270 e. The number of nitro benzene ring substituents is 1. The largest absolute Gasteiger partial charge is 0.345 e. The Balaban J connectivity index is 1.83. The van der Waals surface area contributed by atoms with E-state index in [4.69, 9.17) is 0 Å². The van der Waals surface area contributed by atoms with Crippen LogP contribution in [0.25, 0.3) is 22.2 Å². The average molecular weight is 383 g/mol. The molecule has 2 aromatic carbocycles. The number of pyridine rings is 1. The molecule has 0 radical (unpaired) electrons. The van der Waals surface area contributed by atoms with E-state index >= 15 is 0 Å². The van der Waals surface area contributed by atoms with Gasteiger partial charge in [-0.15, -0.1) is 0 Å². The predicted molar refractivity (Wildman–Crippen MR) is 98.7 cm³/mol. The number of rotatable bonds is 4. The fourth-order valence-electron chi connectivity index (χ4n) is 2.84. The third-order valence-corrected chi connectivity index (χ3v) is 5.00. The fraction of sp³-hybridized carbons (Fsp3) is 0. The molecule has 4 aromatic rings. The topological polar surface area (TPSA) is 71.8 Å². The summed E-state index contributed by atoms with van der Waals surface area (Å²) in [5.74, 6) is -1.34. The lowest BCUT2D eigenvalue weighted by Crippen LogP contribution is -1.88. The summed E-state index contributed by atoms with van der Waals surface area (Å²) in [5, 5.41) is 11.7. The molecule has 0 spiro atoms. The summed E-state index contributed by atoms with van der Waals surface area (Å²) >= 11 is 1.31. The van der Waals surface area contributed by atoms with Crippen molar-refractivity contribution in [1.82, 2.24) is 9.97 Å². The van der Waals surface area contributed by atoms with Crippen molar-refractivity contribution < 1.29 is 13.7 Å². The summed E-state index contributed by atoms with van der Waals surface area (Å²) in [7, 11) is 0. The van der Waals surface area contributed by atoms with Crippen LogP contribution in [0.3, 0.4) is 0 Å². The first-order valence-corrected chi connectivity index (χ1v) is 8.68. The van der Waals surface area contributed by atoms with Gasteiger partial charge in [-0.3, -0.25) is 10.1 Å². The molecule has 0 saturated heterocycles. The Labute approximate surface area is 156 Å². The Morgan fingerprint density at radius 3 is 2.59 bits per heavy atom. The fourth-order valence-corrected chi connectivity index (χ4v) is 3.85. The van der Waals surface area contributed by atoms with Crippen LogP contribution in [0.2, 0.25) is 0 Å². The maximum Gasteiger partial charge on any atom is 0.270 e. The van der Waals surface area contributed by atoms with Gasteiger partial charge in [-0.2, -0.15) is 0 Å². The van der Waals surface area contributed by atoms with Crippen molar-refractivity contribution in [1.29, 1.82) is 0 Å². The summed E-state index contributed by atoms with van der Waals surface area (Å²) in [6.07, 6.45) is 3.28. The van der Waals surface area contributed by atoms with E-state index in [2.05, 4.69) is 9.97 Å². The van der Waals surface area contributed by atoms with Crippen LogP contribution < -0.4 is 0 Å². The van der Waals surface area contributed by atoms with Crippen LogP contribution in [-0.4, -0.2) is 14.9 Å². The van der Waals surface area contributed by atoms with Crippen LogP contribution in [-0.2, 0) is 0 Å². The highest BCUT2D eigenvalue weighted by Gasteiger charge is 2.15. The molecule has 0 aliphatic rings. The second-order valence-corrected chi connectivity index (χ2v) is 6.87. The minimum atomic E-state index is -0.668. The van der Waals surface area contributed by atoms with Gasteiger partial charge in [-0.1, -0.05) is 17.8 Å². The van der Waals surface area contributed by atoms with Gasteiger partial charge in [0.1, 0.15) is 17.3 Å². The standard InChI is InChI=1S/C19H11F2N3O2S/c20-12-6-11(7-13(21)8-12)16-4-5-22-19-18(16)17(10-23-19)27-15-3-1-2-14(9-15)24(25)26/h1-10H,(H,22,23). The van der Waals surface area contributed by atoms with Gasteiger partial charge in [-0.25, -0.2) is 13.8 Å². The number of nitrogens with zero attached hydrogens (tertiary/aromatic N) is 2. The van der Waals surface area contributed by atoms with Gasteiger partial charge >= 0.3 is 0 Å². The number of halogens is 2. The molecule has 0 aliphatic carbocycles. The van der Waals surface area contributed by atoms with E-state index in [1.807, 2.05) is 0 Å². The maximum absolute atomic E-state index is 13.7. The summed E-state index contributed by atoms with van der Waals surface area (Å²) in [6, 6.07) is 11.3. The third kappa shape index (κ3) is 3.39. The zero-order valence-corrected chi connectivity index (χ0v) is 14.5.